The van der Waals surface area contributed by atoms with Crippen LogP contribution in [0.4, 0.5) is 0 Å². The van der Waals surface area contributed by atoms with Crippen molar-refractivity contribution in [3.63, 3.8) is 0 Å². The van der Waals surface area contributed by atoms with Crippen LogP contribution in [-0.2, 0) is 26.0 Å². The van der Waals surface area contributed by atoms with Crippen LogP contribution in [0, 0.1) is 19.8 Å². The lowest BCUT2D eigenvalue weighted by Gasteiger charge is -2.33. The van der Waals surface area contributed by atoms with Gasteiger partial charge in [-0.15, -0.1) is 0 Å². The molecule has 0 saturated carbocycles. The first-order valence-electron chi connectivity index (χ1n) is 12.2. The summed E-state index contributed by atoms with van der Waals surface area (Å²) in [4.78, 5) is 24.2. The van der Waals surface area contributed by atoms with Gasteiger partial charge in [0.15, 0.2) is 0 Å². The summed E-state index contributed by atoms with van der Waals surface area (Å²) in [6.45, 7) is 8.68. The van der Waals surface area contributed by atoms with Gasteiger partial charge in [-0.3, -0.25) is 9.59 Å². The zero-order valence-electron chi connectivity index (χ0n) is 20.7. The molecule has 2 aliphatic heterocycles. The molecule has 2 aromatic rings. The number of sulfonamides is 1. The summed E-state index contributed by atoms with van der Waals surface area (Å²) in [5.41, 5.74) is 4.02. The lowest BCUT2D eigenvalue weighted by atomic mass is 9.94. The second-order valence-corrected chi connectivity index (χ2v) is 11.4. The summed E-state index contributed by atoms with van der Waals surface area (Å²) >= 11 is 0. The summed E-state index contributed by atoms with van der Waals surface area (Å²) < 4.78 is 33.8. The number of piperidine rings is 1. The van der Waals surface area contributed by atoms with E-state index in [-0.39, 0.29) is 35.3 Å². The number of nitrogens with one attached hydrogen (secondary N) is 2. The van der Waals surface area contributed by atoms with Crippen molar-refractivity contribution in [1.82, 2.24) is 14.9 Å². The third kappa shape index (κ3) is 5.86. The largest absolute Gasteiger partial charge is 0.354 e. The van der Waals surface area contributed by atoms with Crippen LogP contribution in [0.2, 0.25) is 0 Å². The van der Waals surface area contributed by atoms with E-state index in [1.165, 1.54) is 45.8 Å². The maximum atomic E-state index is 13.2. The van der Waals surface area contributed by atoms with Gasteiger partial charge in [-0.1, -0.05) is 24.8 Å². The molecule has 2 amide bonds. The number of rotatable bonds is 8. The Morgan fingerprint density at radius 3 is 2.58 bits per heavy atom. The van der Waals surface area contributed by atoms with Gasteiger partial charge in [-0.05, 0) is 86.1 Å². The molecular weight excluding hydrogens is 478 g/mol. The maximum Gasteiger partial charge on any atom is 0.251 e. The lowest BCUT2D eigenvalue weighted by molar-refractivity contribution is -0.120. The van der Waals surface area contributed by atoms with Crippen LogP contribution in [-0.4, -0.2) is 56.5 Å². The summed E-state index contributed by atoms with van der Waals surface area (Å²) in [6.07, 6.45) is 2.52. The van der Waals surface area contributed by atoms with Crippen LogP contribution >= 0.6 is 0 Å². The highest BCUT2D eigenvalue weighted by atomic mass is 32.2. The van der Waals surface area contributed by atoms with Crippen LogP contribution in [0.5, 0.6) is 0 Å². The van der Waals surface area contributed by atoms with E-state index in [0.29, 0.717) is 31.5 Å². The lowest BCUT2D eigenvalue weighted by Crippen LogP contribution is -2.45. The molecule has 2 aromatic carbocycles. The van der Waals surface area contributed by atoms with Crippen molar-refractivity contribution in [3.05, 3.63) is 77.4 Å². The Morgan fingerprint density at radius 2 is 1.89 bits per heavy atom. The second kappa shape index (κ2) is 10.9. The molecule has 8 nitrogen and oxygen atoms in total. The highest BCUT2D eigenvalue weighted by Gasteiger charge is 2.42. The highest BCUT2D eigenvalue weighted by Crippen LogP contribution is 2.34. The summed E-state index contributed by atoms with van der Waals surface area (Å²) in [7, 11) is -3.73. The zero-order chi connectivity index (χ0) is 25.9. The molecule has 36 heavy (non-hydrogen) atoms. The summed E-state index contributed by atoms with van der Waals surface area (Å²) in [5.74, 6) is -0.352. The number of aryl methyl sites for hydroxylation is 2. The third-order valence-corrected chi connectivity index (χ3v) is 8.91. The Kier molecular flexibility index (Phi) is 7.92. The first-order valence-corrected chi connectivity index (χ1v) is 13.6. The Hall–Kier alpha value is -3.01. The van der Waals surface area contributed by atoms with Gasteiger partial charge in [0.2, 0.25) is 15.9 Å². The van der Waals surface area contributed by atoms with Crippen molar-refractivity contribution >= 4 is 21.8 Å². The quantitative estimate of drug-likeness (QED) is 0.531. The minimum Gasteiger partial charge on any atom is -0.354 e. The molecule has 2 saturated heterocycles. The molecule has 0 radical (unpaired) electrons. The number of amides is 2. The molecule has 192 valence electrons. The predicted octanol–water partition coefficient (Wildman–Crippen LogP) is 2.70. The van der Waals surface area contributed by atoms with Crippen LogP contribution in [0.3, 0.4) is 0 Å². The van der Waals surface area contributed by atoms with Gasteiger partial charge in [0.05, 0.1) is 11.0 Å². The van der Waals surface area contributed by atoms with Crippen molar-refractivity contribution in [2.24, 2.45) is 5.92 Å². The van der Waals surface area contributed by atoms with Crippen LogP contribution in [0.25, 0.3) is 0 Å². The van der Waals surface area contributed by atoms with Crippen LogP contribution < -0.4 is 10.6 Å². The number of carbonyl (C=O) groups excluding carboxylic acids is 2. The monoisotopic (exact) mass is 511 g/mol. The standard InChI is InChI=1S/C27H33N3O5S/c1-4-25(31)29-26-16-22-12-14-30(17-24(22)35-26)36(33,34)23-9-7-21(8-10-23)27(32)28-13-11-20-6-5-18(2)19(3)15-20/h4-10,15,22,24,26H,1,11-14,16-17H2,2-3H3,(H,28,32)(H,29,31). The molecular formula is C27H33N3O5S. The summed E-state index contributed by atoms with van der Waals surface area (Å²) in [6, 6.07) is 12.3. The van der Waals surface area contributed by atoms with E-state index < -0.39 is 16.3 Å². The number of fused-ring (bicyclic) bond motifs is 1. The van der Waals surface area contributed by atoms with Crippen molar-refractivity contribution in [1.29, 1.82) is 0 Å². The predicted molar refractivity (Wildman–Crippen MR) is 137 cm³/mol. The van der Waals surface area contributed by atoms with E-state index in [4.69, 9.17) is 4.74 Å². The smallest absolute Gasteiger partial charge is 0.251 e. The Balaban J connectivity index is 1.32. The maximum absolute atomic E-state index is 13.2. The molecule has 2 N–H and O–H groups in total. The summed E-state index contributed by atoms with van der Waals surface area (Å²) in [5, 5.41) is 5.63. The Labute approximate surface area is 212 Å². The molecule has 0 spiro atoms. The topological polar surface area (TPSA) is 105 Å². The fourth-order valence-electron chi connectivity index (χ4n) is 4.74. The first kappa shape index (κ1) is 26.1. The van der Waals surface area contributed by atoms with E-state index in [1.54, 1.807) is 0 Å². The van der Waals surface area contributed by atoms with E-state index in [9.17, 15) is 18.0 Å². The molecule has 9 heteroatoms. The number of ether oxygens (including phenoxy) is 1. The molecule has 2 fully saturated rings. The van der Waals surface area contributed by atoms with E-state index in [2.05, 4.69) is 49.3 Å². The number of benzene rings is 2. The molecule has 0 aliphatic carbocycles. The van der Waals surface area contributed by atoms with E-state index >= 15 is 0 Å². The van der Waals surface area contributed by atoms with Gasteiger partial charge in [0.1, 0.15) is 6.23 Å². The Morgan fingerprint density at radius 1 is 1.14 bits per heavy atom. The number of carbonyl (C=O) groups is 2. The Bertz CT molecular complexity index is 1240. The molecule has 2 heterocycles. The van der Waals surface area contributed by atoms with Crippen LogP contribution in [0.15, 0.2) is 60.0 Å². The average Bonchev–Trinajstić information content (AvgIpc) is 3.27. The molecule has 4 rings (SSSR count). The SMILES string of the molecule is C=CC(=O)NC1CC2CCN(S(=O)(=O)c3ccc(C(=O)NCCc4ccc(C)c(C)c4)cc3)CC2O1. The van der Waals surface area contributed by atoms with Gasteiger partial charge in [-0.2, -0.15) is 4.31 Å². The van der Waals surface area contributed by atoms with Crippen LogP contribution in [0.1, 0.15) is 39.9 Å². The first-order chi connectivity index (χ1) is 17.2. The highest BCUT2D eigenvalue weighted by molar-refractivity contribution is 7.89. The number of hydrogen-bond acceptors (Lipinski definition) is 5. The molecule has 3 unspecified atom stereocenters. The van der Waals surface area contributed by atoms with Gasteiger partial charge >= 0.3 is 0 Å². The third-order valence-electron chi connectivity index (χ3n) is 7.03. The fourth-order valence-corrected chi connectivity index (χ4v) is 6.21. The van der Waals surface area contributed by atoms with Gasteiger partial charge in [0, 0.05) is 25.2 Å². The molecule has 3 atom stereocenters. The molecule has 0 bridgehead atoms. The second-order valence-electron chi connectivity index (χ2n) is 9.47. The van der Waals surface area contributed by atoms with E-state index in [1.807, 2.05) is 0 Å². The minimum absolute atomic E-state index is 0.141. The van der Waals surface area contributed by atoms with Crippen molar-refractivity contribution in [2.75, 3.05) is 19.6 Å². The number of nitrogens with zero attached hydrogens (tertiary/aromatic N) is 1. The number of hydrogen-bond donors (Lipinski definition) is 2. The normalized spacial score (nSPS) is 22.0. The van der Waals surface area contributed by atoms with Crippen molar-refractivity contribution < 1.29 is 22.7 Å². The van der Waals surface area contributed by atoms with E-state index in [0.717, 1.165) is 12.0 Å². The van der Waals surface area contributed by atoms with Gasteiger partial charge in [-0.25, -0.2) is 8.42 Å². The molecule has 2 aliphatic rings. The molecule has 0 aromatic heterocycles. The zero-order valence-corrected chi connectivity index (χ0v) is 21.5. The average molecular weight is 512 g/mol. The fraction of sp³-hybridized carbons (Fsp3) is 0.407. The minimum atomic E-state index is -3.73. The van der Waals surface area contributed by atoms with Crippen molar-refractivity contribution in [2.45, 2.75) is 50.3 Å². The van der Waals surface area contributed by atoms with Gasteiger partial charge < -0.3 is 15.4 Å². The van der Waals surface area contributed by atoms with Gasteiger partial charge in [0.25, 0.3) is 5.91 Å². The van der Waals surface area contributed by atoms with Crippen molar-refractivity contribution in [3.8, 4) is 0 Å².